The summed E-state index contributed by atoms with van der Waals surface area (Å²) in [5, 5.41) is 6.43. The zero-order valence-corrected chi connectivity index (χ0v) is 16.4. The van der Waals surface area contributed by atoms with Crippen LogP contribution in [0, 0.1) is 0 Å². The van der Waals surface area contributed by atoms with Gasteiger partial charge in [-0.3, -0.25) is 9.59 Å². The Morgan fingerprint density at radius 3 is 2.68 bits per heavy atom. The Balaban J connectivity index is 1.62. The monoisotopic (exact) mass is 446 g/mol. The van der Waals surface area contributed by atoms with E-state index < -0.39 is 34.9 Å². The number of amides is 1. The van der Waals surface area contributed by atoms with Crippen LogP contribution < -0.4 is 5.32 Å². The standard InChI is InChI=1S/C20H13F3N4O3S/c21-20(22,23)13-8-27-19(24-13)31-18(10-4-2-1-3-5-10)15(26-27)11-6-7-12-16(17(11)29)25-14(28)9-30-12/h1-8,16,18H,9H2,(H,25,28). The summed E-state index contributed by atoms with van der Waals surface area (Å²) in [4.78, 5) is 28.5. The predicted molar refractivity (Wildman–Crippen MR) is 104 cm³/mol. The molecule has 1 aromatic heterocycles. The lowest BCUT2D eigenvalue weighted by atomic mass is 9.90. The maximum atomic E-state index is 13.2. The minimum absolute atomic E-state index is 0.0688. The van der Waals surface area contributed by atoms with E-state index >= 15 is 0 Å². The molecule has 0 radical (unpaired) electrons. The van der Waals surface area contributed by atoms with Crippen molar-refractivity contribution in [2.24, 2.45) is 5.10 Å². The molecule has 158 valence electrons. The number of hydrogen-bond acceptors (Lipinski definition) is 6. The van der Waals surface area contributed by atoms with Gasteiger partial charge in [-0.1, -0.05) is 42.1 Å². The Morgan fingerprint density at radius 2 is 1.94 bits per heavy atom. The van der Waals surface area contributed by atoms with Crippen LogP contribution in [0.25, 0.3) is 0 Å². The predicted octanol–water partition coefficient (Wildman–Crippen LogP) is 2.86. The average Bonchev–Trinajstić information content (AvgIpc) is 3.18. The number of allylic oxidation sites excluding steroid dienone is 2. The van der Waals surface area contributed by atoms with Gasteiger partial charge in [0.1, 0.15) is 5.76 Å². The summed E-state index contributed by atoms with van der Waals surface area (Å²) in [6.07, 6.45) is -0.734. The number of carbonyl (C=O) groups excluding carboxylic acids is 2. The van der Waals surface area contributed by atoms with Gasteiger partial charge in [0.25, 0.3) is 5.91 Å². The Hall–Kier alpha value is -3.34. The number of ether oxygens (including phenoxy) is 1. The first kappa shape index (κ1) is 19.6. The van der Waals surface area contributed by atoms with Crippen LogP contribution in [0.5, 0.6) is 0 Å². The number of Topliss-reactive ketones (excluding diaryl/α,β-unsaturated/α-hetero) is 1. The molecule has 1 aliphatic carbocycles. The highest BCUT2D eigenvalue weighted by atomic mass is 32.2. The third-order valence-corrected chi connectivity index (χ3v) is 6.13. The van der Waals surface area contributed by atoms with E-state index in [0.29, 0.717) is 5.76 Å². The van der Waals surface area contributed by atoms with Crippen LogP contribution in [-0.4, -0.2) is 39.7 Å². The van der Waals surface area contributed by atoms with Gasteiger partial charge in [-0.2, -0.15) is 18.3 Å². The van der Waals surface area contributed by atoms with Crippen molar-refractivity contribution in [3.63, 3.8) is 0 Å². The van der Waals surface area contributed by atoms with E-state index in [1.165, 1.54) is 6.08 Å². The fraction of sp³-hybridized carbons (Fsp3) is 0.200. The van der Waals surface area contributed by atoms with Crippen LogP contribution in [0.1, 0.15) is 16.5 Å². The number of ketones is 1. The number of carbonyl (C=O) groups is 2. The normalized spacial score (nSPS) is 23.0. The molecule has 2 atom stereocenters. The van der Waals surface area contributed by atoms with Gasteiger partial charge < -0.3 is 10.1 Å². The maximum absolute atomic E-state index is 13.2. The van der Waals surface area contributed by atoms with Crippen molar-refractivity contribution in [3.8, 4) is 0 Å². The van der Waals surface area contributed by atoms with E-state index in [-0.39, 0.29) is 23.0 Å². The van der Waals surface area contributed by atoms with Gasteiger partial charge in [-0.15, -0.1) is 0 Å². The zero-order valence-electron chi connectivity index (χ0n) is 15.6. The number of halogens is 3. The van der Waals surface area contributed by atoms with E-state index in [1.807, 2.05) is 6.07 Å². The first-order valence-corrected chi connectivity index (χ1v) is 10.0. The molecule has 2 unspecified atom stereocenters. The molecule has 2 aliphatic heterocycles. The second-order valence-electron chi connectivity index (χ2n) is 6.95. The zero-order chi connectivity index (χ0) is 21.8. The van der Waals surface area contributed by atoms with E-state index in [4.69, 9.17) is 4.74 Å². The summed E-state index contributed by atoms with van der Waals surface area (Å²) < 4.78 is 45.8. The van der Waals surface area contributed by atoms with Gasteiger partial charge in [-0.25, -0.2) is 9.66 Å². The molecular weight excluding hydrogens is 433 g/mol. The lowest BCUT2D eigenvalue weighted by Crippen LogP contribution is -2.51. The lowest BCUT2D eigenvalue weighted by Gasteiger charge is -2.31. The molecule has 7 nitrogen and oxygen atoms in total. The fourth-order valence-electron chi connectivity index (χ4n) is 3.48. The Labute approximate surface area is 177 Å². The minimum Gasteiger partial charge on any atom is -0.485 e. The quantitative estimate of drug-likeness (QED) is 0.767. The third kappa shape index (κ3) is 3.44. The molecule has 1 N–H and O–H groups in total. The summed E-state index contributed by atoms with van der Waals surface area (Å²) in [7, 11) is 0. The van der Waals surface area contributed by atoms with Crippen molar-refractivity contribution in [2.75, 3.05) is 6.61 Å². The van der Waals surface area contributed by atoms with Crippen molar-refractivity contribution in [3.05, 3.63) is 71.3 Å². The largest absolute Gasteiger partial charge is 0.485 e. The molecule has 2 aromatic rings. The molecule has 5 rings (SSSR count). The number of alkyl halides is 3. The Kier molecular flexibility index (Phi) is 4.50. The van der Waals surface area contributed by atoms with Crippen LogP contribution in [0.15, 0.2) is 70.3 Å². The highest BCUT2D eigenvalue weighted by molar-refractivity contribution is 8.00. The second-order valence-corrected chi connectivity index (χ2v) is 8.02. The topological polar surface area (TPSA) is 85.6 Å². The number of aromatic nitrogens is 2. The highest BCUT2D eigenvalue weighted by Gasteiger charge is 2.41. The summed E-state index contributed by atoms with van der Waals surface area (Å²) in [6.45, 7) is -0.180. The Bertz CT molecular complexity index is 1180. The van der Waals surface area contributed by atoms with Gasteiger partial charge in [0.15, 0.2) is 29.3 Å². The fourth-order valence-corrected chi connectivity index (χ4v) is 4.62. The SMILES string of the molecule is O=C1COC2=CC=C(C3=Nn4cc(C(F)(F)F)nc4SC3c3ccccc3)C(=O)C2N1. The van der Waals surface area contributed by atoms with Crippen molar-refractivity contribution in [1.29, 1.82) is 0 Å². The van der Waals surface area contributed by atoms with Crippen molar-refractivity contribution < 1.29 is 27.5 Å². The third-order valence-electron chi connectivity index (χ3n) is 4.91. The first-order chi connectivity index (χ1) is 14.8. The number of imidazole rings is 1. The number of rotatable bonds is 2. The van der Waals surface area contributed by atoms with E-state index in [0.717, 1.165) is 28.2 Å². The Morgan fingerprint density at radius 1 is 1.16 bits per heavy atom. The summed E-state index contributed by atoms with van der Waals surface area (Å²) in [6, 6.07) is 8.01. The summed E-state index contributed by atoms with van der Waals surface area (Å²) in [5.41, 5.74) is 0.149. The molecule has 1 fully saturated rings. The van der Waals surface area contributed by atoms with Crippen LogP contribution in [0.4, 0.5) is 13.2 Å². The van der Waals surface area contributed by atoms with Gasteiger partial charge in [0.05, 0.1) is 17.2 Å². The van der Waals surface area contributed by atoms with Gasteiger partial charge >= 0.3 is 6.18 Å². The lowest BCUT2D eigenvalue weighted by molar-refractivity contribution is -0.141. The maximum Gasteiger partial charge on any atom is 0.434 e. The van der Waals surface area contributed by atoms with Crippen molar-refractivity contribution in [1.82, 2.24) is 15.0 Å². The number of nitrogens with one attached hydrogen (secondary N) is 1. The van der Waals surface area contributed by atoms with E-state index in [9.17, 15) is 22.8 Å². The van der Waals surface area contributed by atoms with Gasteiger partial charge in [0, 0.05) is 5.57 Å². The number of morpholine rings is 1. The molecule has 3 heterocycles. The number of hydrogen-bond donors (Lipinski definition) is 1. The molecule has 31 heavy (non-hydrogen) atoms. The molecular formula is C20H13F3N4O3S. The molecule has 0 spiro atoms. The average molecular weight is 446 g/mol. The summed E-state index contributed by atoms with van der Waals surface area (Å²) >= 11 is 1.07. The van der Waals surface area contributed by atoms with Crippen LogP contribution in [0.3, 0.4) is 0 Å². The minimum atomic E-state index is -4.62. The van der Waals surface area contributed by atoms with Crippen LogP contribution in [0.2, 0.25) is 0 Å². The summed E-state index contributed by atoms with van der Waals surface area (Å²) in [5.74, 6) is -0.551. The number of thioether (sulfide) groups is 1. The molecule has 0 bridgehead atoms. The molecule has 1 amide bonds. The van der Waals surface area contributed by atoms with Crippen molar-refractivity contribution in [2.45, 2.75) is 22.6 Å². The number of nitrogens with zero attached hydrogens (tertiary/aromatic N) is 3. The smallest absolute Gasteiger partial charge is 0.434 e. The molecule has 11 heteroatoms. The highest BCUT2D eigenvalue weighted by Crippen LogP contribution is 2.43. The number of fused-ring (bicyclic) bond motifs is 2. The van der Waals surface area contributed by atoms with Crippen LogP contribution in [-0.2, 0) is 20.5 Å². The van der Waals surface area contributed by atoms with Crippen LogP contribution >= 0.6 is 11.8 Å². The molecule has 3 aliphatic rings. The number of benzene rings is 1. The van der Waals surface area contributed by atoms with Gasteiger partial charge in [0.2, 0.25) is 0 Å². The van der Waals surface area contributed by atoms with E-state index in [2.05, 4.69) is 15.4 Å². The van der Waals surface area contributed by atoms with E-state index in [1.54, 1.807) is 30.3 Å². The molecule has 1 saturated heterocycles. The van der Waals surface area contributed by atoms with Crippen molar-refractivity contribution >= 4 is 29.2 Å². The first-order valence-electron chi connectivity index (χ1n) is 9.17. The molecule has 1 aromatic carbocycles. The molecule has 0 saturated carbocycles. The second kappa shape index (κ2) is 7.12. The van der Waals surface area contributed by atoms with Gasteiger partial charge in [-0.05, 0) is 17.7 Å².